The Morgan fingerprint density at radius 1 is 1.08 bits per heavy atom. The molecule has 0 atom stereocenters. The Balaban J connectivity index is 1.51. The summed E-state index contributed by atoms with van der Waals surface area (Å²) in [5, 5.41) is 1.21. The van der Waals surface area contributed by atoms with Crippen molar-refractivity contribution in [2.75, 3.05) is 44.7 Å². The molecule has 2 aromatic rings. The fourth-order valence-electron chi connectivity index (χ4n) is 3.53. The number of hydrogen-bond acceptors (Lipinski definition) is 4. The monoisotopic (exact) mass is 377 g/mol. The number of benzene rings is 1. The lowest BCUT2D eigenvalue weighted by atomic mass is 10.2. The Kier molecular flexibility index (Phi) is 5.67. The fraction of sp³-hybridized carbons (Fsp3) is 0.526. The van der Waals surface area contributed by atoms with Crippen molar-refractivity contribution in [1.82, 2.24) is 14.4 Å². The van der Waals surface area contributed by atoms with Gasteiger partial charge in [0.25, 0.3) is 0 Å². The van der Waals surface area contributed by atoms with Crippen LogP contribution in [0.15, 0.2) is 30.3 Å². The van der Waals surface area contributed by atoms with Crippen molar-refractivity contribution < 1.29 is 13.2 Å². The standard InChI is InChI=1S/C19H27N3O3S/c1-16-15-17-5-3-4-6-18(17)22(16)8-7-19(23)21-11-9-20(10-12-21)13-14-26(2,24)25/h3-6,15H,7-14H2,1-2H3. The van der Waals surface area contributed by atoms with Crippen molar-refractivity contribution in [2.45, 2.75) is 19.9 Å². The normalized spacial score (nSPS) is 16.3. The minimum atomic E-state index is -2.93. The predicted molar refractivity (Wildman–Crippen MR) is 104 cm³/mol. The Bertz CT molecular complexity index is 881. The summed E-state index contributed by atoms with van der Waals surface area (Å²) in [7, 11) is -2.93. The molecular formula is C19H27N3O3S. The molecule has 0 saturated carbocycles. The Morgan fingerprint density at radius 3 is 2.46 bits per heavy atom. The molecular weight excluding hydrogens is 350 g/mol. The number of carbonyl (C=O) groups excluding carboxylic acids is 1. The molecule has 26 heavy (non-hydrogen) atoms. The van der Waals surface area contributed by atoms with Crippen LogP contribution in [0.5, 0.6) is 0 Å². The van der Waals surface area contributed by atoms with Crippen molar-refractivity contribution in [3.05, 3.63) is 36.0 Å². The van der Waals surface area contributed by atoms with Gasteiger partial charge in [0.15, 0.2) is 0 Å². The van der Waals surface area contributed by atoms with Crippen LogP contribution in [0, 0.1) is 6.92 Å². The number of carbonyl (C=O) groups is 1. The second-order valence-corrected chi connectivity index (χ2v) is 9.36. The molecule has 142 valence electrons. The van der Waals surface area contributed by atoms with Crippen molar-refractivity contribution in [3.8, 4) is 0 Å². The largest absolute Gasteiger partial charge is 0.344 e. The highest BCUT2D eigenvalue weighted by atomic mass is 32.2. The van der Waals surface area contributed by atoms with Gasteiger partial charge in [0.1, 0.15) is 9.84 Å². The van der Waals surface area contributed by atoms with E-state index in [1.54, 1.807) is 0 Å². The van der Waals surface area contributed by atoms with Crippen LogP contribution >= 0.6 is 0 Å². The maximum atomic E-state index is 12.6. The number of para-hydroxylation sites is 1. The van der Waals surface area contributed by atoms with Gasteiger partial charge in [-0.3, -0.25) is 9.69 Å². The van der Waals surface area contributed by atoms with E-state index in [-0.39, 0.29) is 11.7 Å². The van der Waals surface area contributed by atoms with Crippen molar-refractivity contribution in [3.63, 3.8) is 0 Å². The summed E-state index contributed by atoms with van der Waals surface area (Å²) in [6.45, 7) is 6.15. The summed E-state index contributed by atoms with van der Waals surface area (Å²) in [4.78, 5) is 16.6. The molecule has 6 nitrogen and oxygen atoms in total. The van der Waals surface area contributed by atoms with E-state index in [4.69, 9.17) is 0 Å². The molecule has 2 heterocycles. The molecule has 0 N–H and O–H groups in total. The van der Waals surface area contributed by atoms with E-state index in [9.17, 15) is 13.2 Å². The lowest BCUT2D eigenvalue weighted by Crippen LogP contribution is -2.49. The van der Waals surface area contributed by atoms with Gasteiger partial charge >= 0.3 is 0 Å². The maximum Gasteiger partial charge on any atom is 0.224 e. The highest BCUT2D eigenvalue weighted by Crippen LogP contribution is 2.19. The van der Waals surface area contributed by atoms with Crippen LogP contribution in [0.2, 0.25) is 0 Å². The zero-order valence-corrected chi connectivity index (χ0v) is 16.3. The van der Waals surface area contributed by atoms with E-state index in [2.05, 4.69) is 34.6 Å². The van der Waals surface area contributed by atoms with E-state index in [1.807, 2.05) is 17.0 Å². The summed E-state index contributed by atoms with van der Waals surface area (Å²) in [5.41, 5.74) is 2.34. The van der Waals surface area contributed by atoms with E-state index in [0.29, 0.717) is 32.6 Å². The maximum absolute atomic E-state index is 12.6. The molecule has 1 saturated heterocycles. The van der Waals surface area contributed by atoms with Crippen LogP contribution in [-0.2, 0) is 21.2 Å². The minimum absolute atomic E-state index is 0.171. The fourth-order valence-corrected chi connectivity index (χ4v) is 4.12. The molecule has 1 aliphatic rings. The molecule has 3 rings (SSSR count). The molecule has 1 aromatic carbocycles. The van der Waals surface area contributed by atoms with E-state index in [0.717, 1.165) is 13.1 Å². The Hall–Kier alpha value is -1.86. The Morgan fingerprint density at radius 2 is 1.77 bits per heavy atom. The molecule has 7 heteroatoms. The zero-order chi connectivity index (χ0) is 18.7. The van der Waals surface area contributed by atoms with Crippen LogP contribution in [0.4, 0.5) is 0 Å². The number of aryl methyl sites for hydroxylation is 2. The smallest absolute Gasteiger partial charge is 0.224 e. The first kappa shape index (κ1) is 18.9. The molecule has 0 bridgehead atoms. The zero-order valence-electron chi connectivity index (χ0n) is 15.5. The van der Waals surface area contributed by atoms with Crippen LogP contribution in [0.1, 0.15) is 12.1 Å². The highest BCUT2D eigenvalue weighted by molar-refractivity contribution is 7.90. The Labute approximate surface area is 155 Å². The average Bonchev–Trinajstić information content (AvgIpc) is 2.93. The molecule has 1 aliphatic heterocycles. The molecule has 1 aromatic heterocycles. The highest BCUT2D eigenvalue weighted by Gasteiger charge is 2.21. The molecule has 0 spiro atoms. The number of aromatic nitrogens is 1. The lowest BCUT2D eigenvalue weighted by Gasteiger charge is -2.34. The first-order valence-electron chi connectivity index (χ1n) is 9.06. The van der Waals surface area contributed by atoms with E-state index < -0.39 is 9.84 Å². The van der Waals surface area contributed by atoms with Gasteiger partial charge in [0, 0.05) is 63.2 Å². The van der Waals surface area contributed by atoms with Gasteiger partial charge < -0.3 is 9.47 Å². The molecule has 0 aliphatic carbocycles. The third kappa shape index (κ3) is 4.65. The summed E-state index contributed by atoms with van der Waals surface area (Å²) in [6.07, 6.45) is 1.75. The first-order valence-corrected chi connectivity index (χ1v) is 11.1. The average molecular weight is 378 g/mol. The second-order valence-electron chi connectivity index (χ2n) is 7.10. The summed E-state index contributed by atoms with van der Waals surface area (Å²) in [6, 6.07) is 10.4. The summed E-state index contributed by atoms with van der Waals surface area (Å²) >= 11 is 0. The van der Waals surface area contributed by atoms with Crippen LogP contribution in [0.25, 0.3) is 10.9 Å². The second kappa shape index (κ2) is 7.80. The van der Waals surface area contributed by atoms with Crippen molar-refractivity contribution in [2.24, 2.45) is 0 Å². The van der Waals surface area contributed by atoms with Gasteiger partial charge in [0.05, 0.1) is 5.75 Å². The quantitative estimate of drug-likeness (QED) is 0.766. The van der Waals surface area contributed by atoms with Gasteiger partial charge in [-0.2, -0.15) is 0 Å². The molecule has 0 radical (unpaired) electrons. The SMILES string of the molecule is Cc1cc2ccccc2n1CCC(=O)N1CCN(CCS(C)(=O)=O)CC1. The third-order valence-corrected chi connectivity index (χ3v) is 5.99. The van der Waals surface area contributed by atoms with Gasteiger partial charge in [0.2, 0.25) is 5.91 Å². The summed E-state index contributed by atoms with van der Waals surface area (Å²) < 4.78 is 24.7. The predicted octanol–water partition coefficient (Wildman–Crippen LogP) is 1.53. The van der Waals surface area contributed by atoms with Crippen LogP contribution < -0.4 is 0 Å². The topological polar surface area (TPSA) is 62.6 Å². The number of sulfone groups is 1. The molecule has 1 fully saturated rings. The van der Waals surface area contributed by atoms with Crippen LogP contribution in [0.3, 0.4) is 0 Å². The number of nitrogens with zero attached hydrogens (tertiary/aromatic N) is 3. The molecule has 0 unspecified atom stereocenters. The summed E-state index contributed by atoms with van der Waals surface area (Å²) in [5.74, 6) is 0.353. The number of piperazine rings is 1. The first-order chi connectivity index (χ1) is 12.3. The van der Waals surface area contributed by atoms with Crippen LogP contribution in [-0.4, -0.2) is 73.4 Å². The van der Waals surface area contributed by atoms with Crippen molar-refractivity contribution in [1.29, 1.82) is 0 Å². The molecule has 1 amide bonds. The van der Waals surface area contributed by atoms with Gasteiger partial charge in [-0.15, -0.1) is 0 Å². The minimum Gasteiger partial charge on any atom is -0.344 e. The van der Waals surface area contributed by atoms with E-state index >= 15 is 0 Å². The number of rotatable bonds is 6. The van der Waals surface area contributed by atoms with E-state index in [1.165, 1.54) is 22.9 Å². The third-order valence-electron chi connectivity index (χ3n) is 5.07. The van der Waals surface area contributed by atoms with Gasteiger partial charge in [-0.1, -0.05) is 18.2 Å². The van der Waals surface area contributed by atoms with Gasteiger partial charge in [-0.05, 0) is 24.4 Å². The van der Waals surface area contributed by atoms with Crippen molar-refractivity contribution >= 4 is 26.6 Å². The van der Waals surface area contributed by atoms with Gasteiger partial charge in [-0.25, -0.2) is 8.42 Å². The number of amides is 1. The number of fused-ring (bicyclic) bond motifs is 1. The number of hydrogen-bond donors (Lipinski definition) is 0. The lowest BCUT2D eigenvalue weighted by molar-refractivity contribution is -0.133.